The number of para-hydroxylation sites is 1. The number of aryl methyl sites for hydroxylation is 3. The summed E-state index contributed by atoms with van der Waals surface area (Å²) in [5.74, 6) is 1.45. The largest absolute Gasteiger partial charge is 0.441 e. The van der Waals surface area contributed by atoms with Crippen LogP contribution in [0.3, 0.4) is 0 Å². The summed E-state index contributed by atoms with van der Waals surface area (Å²) in [6.45, 7) is 6.01. The first-order valence-corrected chi connectivity index (χ1v) is 7.47. The summed E-state index contributed by atoms with van der Waals surface area (Å²) in [6, 6.07) is 12.1. The lowest BCUT2D eigenvalue weighted by molar-refractivity contribution is 0.561. The number of hydrogen-bond acceptors (Lipinski definition) is 4. The summed E-state index contributed by atoms with van der Waals surface area (Å²) < 4.78 is 7.52. The molecule has 0 aliphatic carbocycles. The van der Waals surface area contributed by atoms with Crippen LogP contribution in [0.25, 0.3) is 28.2 Å². The van der Waals surface area contributed by atoms with Gasteiger partial charge in [0.05, 0.1) is 5.69 Å². The lowest BCUT2D eigenvalue weighted by Crippen LogP contribution is -2.04. The topological polar surface area (TPSA) is 56.7 Å². The fourth-order valence-electron chi connectivity index (χ4n) is 2.92. The molecular weight excluding hydrogens is 288 g/mol. The van der Waals surface area contributed by atoms with Crippen molar-refractivity contribution in [2.75, 3.05) is 0 Å². The molecule has 0 saturated carbocycles. The zero-order valence-electron chi connectivity index (χ0n) is 13.2. The van der Waals surface area contributed by atoms with Crippen molar-refractivity contribution in [1.29, 1.82) is 0 Å². The van der Waals surface area contributed by atoms with Crippen LogP contribution in [-0.4, -0.2) is 19.7 Å². The highest BCUT2D eigenvalue weighted by Gasteiger charge is 2.14. The molecule has 0 saturated heterocycles. The molecule has 2 aromatic heterocycles. The van der Waals surface area contributed by atoms with Gasteiger partial charge in [-0.2, -0.15) is 5.10 Å². The molecule has 5 heteroatoms. The van der Waals surface area contributed by atoms with Crippen molar-refractivity contribution in [1.82, 2.24) is 19.7 Å². The molecule has 114 valence electrons. The average Bonchev–Trinajstić information content (AvgIpc) is 3.11. The van der Waals surface area contributed by atoms with Gasteiger partial charge in [0.25, 0.3) is 0 Å². The summed E-state index contributed by atoms with van der Waals surface area (Å²) in [6.07, 6.45) is 1.58. The van der Waals surface area contributed by atoms with Crippen LogP contribution in [0.5, 0.6) is 0 Å². The molecule has 0 spiro atoms. The van der Waals surface area contributed by atoms with E-state index in [9.17, 15) is 0 Å². The van der Waals surface area contributed by atoms with Crippen LogP contribution in [0.2, 0.25) is 0 Å². The Morgan fingerprint density at radius 3 is 2.57 bits per heavy atom. The van der Waals surface area contributed by atoms with Gasteiger partial charge in [-0.1, -0.05) is 18.2 Å². The van der Waals surface area contributed by atoms with E-state index in [2.05, 4.69) is 41.0 Å². The molecule has 0 amide bonds. The zero-order valence-corrected chi connectivity index (χ0v) is 13.2. The molecule has 0 N–H and O–H groups in total. The van der Waals surface area contributed by atoms with E-state index in [0.29, 0.717) is 5.89 Å². The summed E-state index contributed by atoms with van der Waals surface area (Å²) in [5.41, 5.74) is 5.95. The second-order valence-electron chi connectivity index (χ2n) is 5.65. The van der Waals surface area contributed by atoms with Crippen LogP contribution in [0.15, 0.2) is 47.1 Å². The van der Waals surface area contributed by atoms with Crippen molar-refractivity contribution in [3.63, 3.8) is 0 Å². The highest BCUT2D eigenvalue weighted by atomic mass is 16.3. The number of hydrogen-bond donors (Lipinski definition) is 0. The fraction of sp³-hybridized carbons (Fsp3) is 0.167. The Morgan fingerprint density at radius 1 is 1.00 bits per heavy atom. The van der Waals surface area contributed by atoms with Gasteiger partial charge in [-0.15, -0.1) is 0 Å². The van der Waals surface area contributed by atoms with Crippen LogP contribution in [0, 0.1) is 20.8 Å². The van der Waals surface area contributed by atoms with Crippen LogP contribution >= 0.6 is 0 Å². The van der Waals surface area contributed by atoms with Gasteiger partial charge >= 0.3 is 0 Å². The molecule has 0 radical (unpaired) electrons. The lowest BCUT2D eigenvalue weighted by atomic mass is 10.1. The van der Waals surface area contributed by atoms with E-state index in [1.807, 2.05) is 35.9 Å². The van der Waals surface area contributed by atoms with Gasteiger partial charge in [0.2, 0.25) is 0 Å². The summed E-state index contributed by atoms with van der Waals surface area (Å²) in [4.78, 5) is 8.78. The predicted octanol–water partition coefficient (Wildman–Crippen LogP) is 4.00. The van der Waals surface area contributed by atoms with Gasteiger partial charge in [0.15, 0.2) is 17.3 Å². The average molecular weight is 304 g/mol. The van der Waals surface area contributed by atoms with Crippen LogP contribution in [-0.2, 0) is 0 Å². The molecule has 23 heavy (non-hydrogen) atoms. The Labute approximate surface area is 133 Å². The van der Waals surface area contributed by atoms with Gasteiger partial charge < -0.3 is 4.42 Å². The number of nitrogens with zero attached hydrogens (tertiary/aromatic N) is 4. The Kier molecular flexibility index (Phi) is 3.01. The third kappa shape index (κ3) is 2.21. The number of fused-ring (bicyclic) bond motifs is 1. The maximum Gasteiger partial charge on any atom is 0.192 e. The zero-order chi connectivity index (χ0) is 16.0. The Bertz CT molecular complexity index is 993. The minimum atomic E-state index is 0.661. The molecule has 0 aliphatic heterocycles. The van der Waals surface area contributed by atoms with Crippen molar-refractivity contribution in [2.45, 2.75) is 20.8 Å². The van der Waals surface area contributed by atoms with E-state index >= 15 is 0 Å². The van der Waals surface area contributed by atoms with Crippen LogP contribution < -0.4 is 0 Å². The van der Waals surface area contributed by atoms with Gasteiger partial charge in [-0.05, 0) is 43.2 Å². The molecule has 2 aromatic carbocycles. The number of rotatable bonds is 2. The Hall–Kier alpha value is -2.95. The number of aromatic nitrogens is 4. The quantitative estimate of drug-likeness (QED) is 0.561. The lowest BCUT2D eigenvalue weighted by Gasteiger charge is -2.12. The van der Waals surface area contributed by atoms with Crippen molar-refractivity contribution < 1.29 is 4.42 Å². The molecular formula is C18H16N4O. The van der Waals surface area contributed by atoms with E-state index in [0.717, 1.165) is 39.3 Å². The molecule has 0 fully saturated rings. The normalized spacial score (nSPS) is 11.3. The maximum absolute atomic E-state index is 5.63. The van der Waals surface area contributed by atoms with E-state index in [1.54, 1.807) is 6.33 Å². The van der Waals surface area contributed by atoms with E-state index < -0.39 is 0 Å². The first-order chi connectivity index (χ1) is 11.1. The predicted molar refractivity (Wildman–Crippen MR) is 88.6 cm³/mol. The monoisotopic (exact) mass is 304 g/mol. The molecule has 5 nitrogen and oxygen atoms in total. The van der Waals surface area contributed by atoms with Gasteiger partial charge in [-0.25, -0.2) is 14.6 Å². The van der Waals surface area contributed by atoms with Crippen molar-refractivity contribution in [3.05, 3.63) is 59.7 Å². The van der Waals surface area contributed by atoms with Crippen LogP contribution in [0.4, 0.5) is 0 Å². The second kappa shape index (κ2) is 5.05. The van der Waals surface area contributed by atoms with Crippen molar-refractivity contribution in [3.8, 4) is 17.1 Å². The SMILES string of the molecule is Cc1nc2ccc(-c3ncnn3-c3c(C)cccc3C)cc2o1. The highest BCUT2D eigenvalue weighted by molar-refractivity contribution is 5.79. The van der Waals surface area contributed by atoms with Gasteiger partial charge in [-0.3, -0.25) is 0 Å². The van der Waals surface area contributed by atoms with Crippen molar-refractivity contribution >= 4 is 11.1 Å². The first-order valence-electron chi connectivity index (χ1n) is 7.47. The minimum absolute atomic E-state index is 0.661. The highest BCUT2D eigenvalue weighted by Crippen LogP contribution is 2.27. The maximum atomic E-state index is 5.63. The smallest absolute Gasteiger partial charge is 0.192 e. The fourth-order valence-corrected chi connectivity index (χ4v) is 2.92. The third-order valence-electron chi connectivity index (χ3n) is 3.95. The van der Waals surface area contributed by atoms with E-state index in [-0.39, 0.29) is 0 Å². The minimum Gasteiger partial charge on any atom is -0.441 e. The molecule has 0 unspecified atom stereocenters. The molecule has 2 heterocycles. The number of oxazole rings is 1. The number of benzene rings is 2. The molecule has 4 rings (SSSR count). The van der Waals surface area contributed by atoms with E-state index in [1.165, 1.54) is 0 Å². The molecule has 4 aromatic rings. The summed E-state index contributed by atoms with van der Waals surface area (Å²) >= 11 is 0. The molecule has 0 bridgehead atoms. The van der Waals surface area contributed by atoms with E-state index in [4.69, 9.17) is 4.42 Å². The summed E-state index contributed by atoms with van der Waals surface area (Å²) in [7, 11) is 0. The third-order valence-corrected chi connectivity index (χ3v) is 3.95. The Balaban J connectivity index is 1.91. The molecule has 0 atom stereocenters. The van der Waals surface area contributed by atoms with Crippen LogP contribution in [0.1, 0.15) is 17.0 Å². The molecule has 0 aliphatic rings. The summed E-state index contributed by atoms with van der Waals surface area (Å²) in [5, 5.41) is 4.43. The van der Waals surface area contributed by atoms with Gasteiger partial charge in [0.1, 0.15) is 11.8 Å². The van der Waals surface area contributed by atoms with Crippen molar-refractivity contribution in [2.24, 2.45) is 0 Å². The standard InChI is InChI=1S/C18H16N4O/c1-11-5-4-6-12(2)17(11)22-18(19-10-20-22)14-7-8-15-16(9-14)23-13(3)21-15/h4-10H,1-3H3. The second-order valence-corrected chi connectivity index (χ2v) is 5.65. The Morgan fingerprint density at radius 2 is 1.78 bits per heavy atom. The first kappa shape index (κ1) is 13.7. The van der Waals surface area contributed by atoms with Gasteiger partial charge in [0, 0.05) is 12.5 Å².